The molecule has 0 spiro atoms. The van der Waals surface area contributed by atoms with Crippen LogP contribution in [0.15, 0.2) is 0 Å². The second-order valence-corrected chi connectivity index (χ2v) is 34.1. The van der Waals surface area contributed by atoms with E-state index in [0.717, 1.165) is 114 Å². The molecule has 4 unspecified atom stereocenters. The zero-order chi connectivity index (χ0) is 74.6. The third kappa shape index (κ3) is 74.7. The summed E-state index contributed by atoms with van der Waals surface area (Å²) in [6.07, 6.45) is 58.3. The average molecular weight is 1480 g/mol. The molecule has 600 valence electrons. The summed E-state index contributed by atoms with van der Waals surface area (Å²) in [7, 11) is -9.92. The summed E-state index contributed by atoms with van der Waals surface area (Å²) in [6.45, 7) is 14.3. The number of carbonyl (C=O) groups is 4. The van der Waals surface area contributed by atoms with Gasteiger partial charge < -0.3 is 33.8 Å². The number of phosphoric acid groups is 2. The highest BCUT2D eigenvalue weighted by Gasteiger charge is 2.30. The first-order valence-electron chi connectivity index (χ1n) is 42.2. The van der Waals surface area contributed by atoms with Gasteiger partial charge in [0.15, 0.2) is 12.2 Å². The number of aliphatic hydroxyl groups excluding tert-OH is 1. The van der Waals surface area contributed by atoms with Crippen molar-refractivity contribution >= 4 is 39.5 Å². The number of carbonyl (C=O) groups excluding carboxylic acids is 4. The quantitative estimate of drug-likeness (QED) is 0.0222. The summed E-state index contributed by atoms with van der Waals surface area (Å²) in [5, 5.41) is 10.6. The van der Waals surface area contributed by atoms with Crippen LogP contribution in [0.4, 0.5) is 0 Å². The number of esters is 4. The van der Waals surface area contributed by atoms with Gasteiger partial charge >= 0.3 is 39.5 Å². The van der Waals surface area contributed by atoms with E-state index in [1.807, 2.05) is 0 Å². The fourth-order valence-corrected chi connectivity index (χ4v) is 14.2. The van der Waals surface area contributed by atoms with Crippen molar-refractivity contribution in [1.29, 1.82) is 0 Å². The summed E-state index contributed by atoms with van der Waals surface area (Å²) < 4.78 is 68.7. The first-order valence-corrected chi connectivity index (χ1v) is 45.2. The van der Waals surface area contributed by atoms with Crippen molar-refractivity contribution in [3.8, 4) is 0 Å². The first-order chi connectivity index (χ1) is 48.6. The van der Waals surface area contributed by atoms with E-state index >= 15 is 0 Å². The molecular weight excluding hydrogens is 1320 g/mol. The Hall–Kier alpha value is -1.94. The van der Waals surface area contributed by atoms with Crippen LogP contribution in [0.3, 0.4) is 0 Å². The maximum absolute atomic E-state index is 13.1. The molecular formula is C82H160O17P2. The van der Waals surface area contributed by atoms with Gasteiger partial charge in [0.1, 0.15) is 19.3 Å². The monoisotopic (exact) mass is 1480 g/mol. The average Bonchev–Trinajstić information content (AvgIpc) is 0.919. The van der Waals surface area contributed by atoms with Gasteiger partial charge in [-0.3, -0.25) is 37.3 Å². The molecule has 0 aromatic carbocycles. The van der Waals surface area contributed by atoms with Crippen molar-refractivity contribution < 1.29 is 80.2 Å². The molecule has 0 rings (SSSR count). The molecule has 0 saturated carbocycles. The predicted molar refractivity (Wildman–Crippen MR) is 414 cm³/mol. The van der Waals surface area contributed by atoms with Crippen molar-refractivity contribution in [2.75, 3.05) is 39.6 Å². The standard InChI is InChI=1S/C82H160O17P2/c1-9-75(8)61-53-45-37-29-23-17-14-15-18-24-30-38-46-54-62-79(84)92-68-77(98-81(86)64-56-48-39-31-25-19-13-11-10-12-16-21-27-34-42-50-58-72(2)3)70-96-100(88,89)94-66-76(83)67-95-101(90,91)97-71-78(69-93-80(85)63-55-47-41-33-36-44-52-60-74(6)7)99-82(87)65-57-49-40-32-26-20-22-28-35-43-51-59-73(4)5/h72-78,83H,9-71H2,1-8H3,(H,88,89)(H,90,91)/t75?,76?,77-,78-/m1/s1. The van der Waals surface area contributed by atoms with Crippen LogP contribution in [0.25, 0.3) is 0 Å². The molecule has 3 N–H and O–H groups in total. The van der Waals surface area contributed by atoms with Crippen molar-refractivity contribution in [3.63, 3.8) is 0 Å². The Morgan fingerprint density at radius 2 is 0.475 bits per heavy atom. The summed E-state index contributed by atoms with van der Waals surface area (Å²) in [5.41, 5.74) is 0. The molecule has 0 heterocycles. The molecule has 101 heavy (non-hydrogen) atoms. The van der Waals surface area contributed by atoms with Crippen molar-refractivity contribution in [2.45, 2.75) is 440 Å². The summed E-state index contributed by atoms with van der Waals surface area (Å²) >= 11 is 0. The largest absolute Gasteiger partial charge is 0.472 e. The van der Waals surface area contributed by atoms with Crippen LogP contribution in [0.5, 0.6) is 0 Å². The second kappa shape index (κ2) is 71.0. The molecule has 0 bridgehead atoms. The van der Waals surface area contributed by atoms with Gasteiger partial charge in [-0.25, -0.2) is 9.13 Å². The van der Waals surface area contributed by atoms with E-state index in [1.54, 1.807) is 0 Å². The topological polar surface area (TPSA) is 237 Å². The van der Waals surface area contributed by atoms with Gasteiger partial charge in [-0.2, -0.15) is 0 Å². The Bertz CT molecular complexity index is 1970. The van der Waals surface area contributed by atoms with Crippen LogP contribution < -0.4 is 0 Å². The highest BCUT2D eigenvalue weighted by molar-refractivity contribution is 7.47. The van der Waals surface area contributed by atoms with Crippen molar-refractivity contribution in [3.05, 3.63) is 0 Å². The minimum absolute atomic E-state index is 0.105. The van der Waals surface area contributed by atoms with Crippen LogP contribution in [0.1, 0.15) is 421 Å². The lowest BCUT2D eigenvalue weighted by Crippen LogP contribution is -2.30. The van der Waals surface area contributed by atoms with Gasteiger partial charge in [0.05, 0.1) is 26.4 Å². The van der Waals surface area contributed by atoms with Crippen molar-refractivity contribution in [2.24, 2.45) is 23.7 Å². The number of hydrogen-bond donors (Lipinski definition) is 3. The number of ether oxygens (including phenoxy) is 4. The third-order valence-corrected chi connectivity index (χ3v) is 21.3. The van der Waals surface area contributed by atoms with Crippen molar-refractivity contribution in [1.82, 2.24) is 0 Å². The highest BCUT2D eigenvalue weighted by atomic mass is 31.2. The maximum atomic E-state index is 13.1. The second-order valence-electron chi connectivity index (χ2n) is 31.2. The molecule has 0 fully saturated rings. The number of unbranched alkanes of at least 4 members (excludes halogenated alkanes) is 44. The predicted octanol–water partition coefficient (Wildman–Crippen LogP) is 24.4. The number of hydrogen-bond acceptors (Lipinski definition) is 15. The van der Waals surface area contributed by atoms with Gasteiger partial charge in [-0.15, -0.1) is 0 Å². The fourth-order valence-electron chi connectivity index (χ4n) is 12.6. The van der Waals surface area contributed by atoms with Gasteiger partial charge in [-0.05, 0) is 49.4 Å². The van der Waals surface area contributed by atoms with E-state index < -0.39 is 97.5 Å². The summed E-state index contributed by atoms with van der Waals surface area (Å²) in [4.78, 5) is 73.1. The number of aliphatic hydroxyl groups is 1. The van der Waals surface area contributed by atoms with E-state index in [9.17, 15) is 43.2 Å². The van der Waals surface area contributed by atoms with Crippen LogP contribution >= 0.6 is 15.6 Å². The highest BCUT2D eigenvalue weighted by Crippen LogP contribution is 2.45. The van der Waals surface area contributed by atoms with E-state index in [0.29, 0.717) is 31.6 Å². The normalized spacial score (nSPS) is 14.3. The molecule has 19 heteroatoms. The van der Waals surface area contributed by atoms with Crippen LogP contribution in [-0.4, -0.2) is 96.7 Å². The smallest absolute Gasteiger partial charge is 0.462 e. The minimum Gasteiger partial charge on any atom is -0.462 e. The van der Waals surface area contributed by atoms with Gasteiger partial charge in [-0.1, -0.05) is 370 Å². The zero-order valence-corrected chi connectivity index (χ0v) is 68.3. The summed E-state index contributed by atoms with van der Waals surface area (Å²) in [5.74, 6) is 1.02. The van der Waals surface area contributed by atoms with Crippen LogP contribution in [-0.2, 0) is 65.4 Å². The Labute approximate surface area is 619 Å². The fraction of sp³-hybridized carbons (Fsp3) is 0.951. The lowest BCUT2D eigenvalue weighted by molar-refractivity contribution is -0.161. The Morgan fingerprint density at radius 1 is 0.277 bits per heavy atom. The van der Waals surface area contributed by atoms with Gasteiger partial charge in [0, 0.05) is 25.7 Å². The molecule has 0 aliphatic heterocycles. The lowest BCUT2D eigenvalue weighted by atomic mass is 9.99. The van der Waals surface area contributed by atoms with E-state index in [1.165, 1.54) is 218 Å². The van der Waals surface area contributed by atoms with Crippen LogP contribution in [0.2, 0.25) is 0 Å². The van der Waals surface area contributed by atoms with Gasteiger partial charge in [0.25, 0.3) is 0 Å². The van der Waals surface area contributed by atoms with E-state index in [2.05, 4.69) is 55.4 Å². The zero-order valence-electron chi connectivity index (χ0n) is 66.5. The molecule has 0 aromatic rings. The summed E-state index contributed by atoms with van der Waals surface area (Å²) in [6, 6.07) is 0. The van der Waals surface area contributed by atoms with Gasteiger partial charge in [0.2, 0.25) is 0 Å². The third-order valence-electron chi connectivity index (χ3n) is 19.4. The maximum Gasteiger partial charge on any atom is 0.472 e. The van der Waals surface area contributed by atoms with E-state index in [-0.39, 0.29) is 25.7 Å². The molecule has 6 atom stereocenters. The Balaban J connectivity index is 5.24. The minimum atomic E-state index is -4.96. The number of phosphoric ester groups is 2. The van der Waals surface area contributed by atoms with Crippen LogP contribution in [0, 0.1) is 23.7 Å². The van der Waals surface area contributed by atoms with E-state index in [4.69, 9.17) is 37.0 Å². The Morgan fingerprint density at radius 3 is 0.703 bits per heavy atom. The SMILES string of the molecule is CCC(C)CCCCCCCCCCCCCCCCC(=O)OC[C@H](COP(=O)(O)OCC(O)COP(=O)(O)OC[C@@H](COC(=O)CCCCCCCCCC(C)C)OC(=O)CCCCCCCCCCCCCC(C)C)OC(=O)CCCCCCCCCCCCCCCCCCC(C)C. The molecule has 0 saturated heterocycles. The molecule has 0 aliphatic rings. The molecule has 0 amide bonds. The Kier molecular flexibility index (Phi) is 69.6. The number of rotatable bonds is 79. The molecule has 0 aliphatic carbocycles. The molecule has 0 radical (unpaired) electrons. The lowest BCUT2D eigenvalue weighted by Gasteiger charge is -2.21. The first kappa shape index (κ1) is 99.1. The molecule has 0 aromatic heterocycles. The molecule has 17 nitrogen and oxygen atoms in total.